The second-order valence-corrected chi connectivity index (χ2v) is 17.4. The van der Waals surface area contributed by atoms with E-state index in [0.29, 0.717) is 0 Å². The van der Waals surface area contributed by atoms with E-state index in [2.05, 4.69) is 21.3 Å². The minimum Gasteiger partial charge on any atom is -0.549 e. The maximum absolute atomic E-state index is 13.7. The van der Waals surface area contributed by atoms with Crippen molar-refractivity contribution in [3.63, 3.8) is 0 Å². The van der Waals surface area contributed by atoms with Crippen LogP contribution in [0.1, 0.15) is 27.7 Å². The minimum atomic E-state index is -2.11. The van der Waals surface area contributed by atoms with Gasteiger partial charge in [-0.25, -0.2) is 0 Å². The molecule has 0 aromatic carbocycles. The van der Waals surface area contributed by atoms with E-state index >= 15 is 0 Å². The summed E-state index contributed by atoms with van der Waals surface area (Å²) in [5.74, 6) is -11.6. The van der Waals surface area contributed by atoms with Gasteiger partial charge in [-0.2, -0.15) is 0 Å². The summed E-state index contributed by atoms with van der Waals surface area (Å²) in [6.45, 7) is -5.08. The van der Waals surface area contributed by atoms with Gasteiger partial charge in [0.2, 0.25) is 11.8 Å². The average molecular weight is 1250 g/mol. The maximum atomic E-state index is 13.7. The van der Waals surface area contributed by atoms with E-state index in [-0.39, 0.29) is 39.9 Å². The first-order valence-corrected chi connectivity index (χ1v) is 23.4. The molecule has 0 saturated heterocycles. The van der Waals surface area contributed by atoms with Crippen molar-refractivity contribution in [2.24, 2.45) is 0 Å². The number of aliphatic hydroxyl groups excluding tert-OH is 12. The molecule has 0 aliphatic carbocycles. The Labute approximate surface area is 468 Å². The Morgan fingerprint density at radius 1 is 0.342 bits per heavy atom. The van der Waals surface area contributed by atoms with Crippen LogP contribution < -0.4 is 36.6 Å². The molecule has 0 aliphatic heterocycles. The molecule has 0 rings (SSSR count). The molecule has 439 valence electrons. The number of aliphatic carboxylic acids is 3. The number of nitrogens with zero attached hydrogens (tertiary/aromatic N) is 5. The number of carboxylic acids is 3. The summed E-state index contributed by atoms with van der Waals surface area (Å²) >= 11 is 0. The molecule has 76 heavy (non-hydrogen) atoms. The molecular formula is C42H74GdN9O24. The summed E-state index contributed by atoms with van der Waals surface area (Å²) < 4.78 is 0. The van der Waals surface area contributed by atoms with Crippen molar-refractivity contribution < 1.29 is 160 Å². The fourth-order valence-corrected chi connectivity index (χ4v) is 6.47. The predicted octanol–water partition coefficient (Wildman–Crippen LogP) is -16.3. The van der Waals surface area contributed by atoms with Crippen molar-refractivity contribution in [3.8, 4) is 0 Å². The number of nitrogens with one attached hydrogen (secondary N) is 4. The molecule has 0 heterocycles. The number of aliphatic hydroxyl groups is 12. The summed E-state index contributed by atoms with van der Waals surface area (Å²) in [4.78, 5) is 117. The van der Waals surface area contributed by atoms with Crippen LogP contribution in [-0.2, 0) is 43.2 Å². The van der Waals surface area contributed by atoms with Crippen LogP contribution in [0.4, 0.5) is 0 Å². The van der Waals surface area contributed by atoms with E-state index in [1.807, 2.05) is 0 Å². The molecule has 0 spiro atoms. The third kappa shape index (κ3) is 29.6. The number of carboxylic acid groups (broad SMARTS) is 3. The van der Waals surface area contributed by atoms with Gasteiger partial charge in [-0.1, -0.05) is 0 Å². The molecule has 1 radical (unpaired) electrons. The number of rotatable bonds is 40. The van der Waals surface area contributed by atoms with E-state index in [4.69, 9.17) is 0 Å². The smallest absolute Gasteiger partial charge is 0.549 e. The van der Waals surface area contributed by atoms with E-state index in [1.165, 1.54) is 0 Å². The summed E-state index contributed by atoms with van der Waals surface area (Å²) in [5, 5.41) is 162. The normalized spacial score (nSPS) is 16.2. The predicted molar refractivity (Wildman–Crippen MR) is 244 cm³/mol. The topological polar surface area (TPSA) is 530 Å². The Bertz CT molecular complexity index is 1630. The van der Waals surface area contributed by atoms with Crippen LogP contribution in [0.15, 0.2) is 0 Å². The van der Waals surface area contributed by atoms with Crippen LogP contribution in [0.25, 0.3) is 0 Å². The summed E-state index contributed by atoms with van der Waals surface area (Å²) in [6, 6.07) is 0. The monoisotopic (exact) mass is 1250 g/mol. The Morgan fingerprint density at radius 2 is 0.539 bits per heavy atom. The third-order valence-corrected chi connectivity index (χ3v) is 11.0. The van der Waals surface area contributed by atoms with E-state index in [9.17, 15) is 120 Å². The van der Waals surface area contributed by atoms with Crippen LogP contribution in [0.2, 0.25) is 0 Å². The molecule has 6 amide bonds. The van der Waals surface area contributed by atoms with Crippen LogP contribution in [0.5, 0.6) is 0 Å². The van der Waals surface area contributed by atoms with Gasteiger partial charge < -0.3 is 122 Å². The zero-order chi connectivity index (χ0) is 57.9. The minimum absolute atomic E-state index is 0. The SMILES string of the molecule is C[C@H](O)[C@@H](O)[C@@H](O)C(=O)NCCN(CCNC(=O)[C@H](O)[C@H](O)[C@H](C)O)C(=O)CN(CCN(CCN(CC(=O)[O-])CC(=O)N(CCNC(=O)[C@H](O)[C@H](O)[C@H](C)O)CCNC(=O)[C@H](O)[C@H](O)[C@H](C)O)CC(=O)[O-])CC(=O)[O-].[Gd+3]. The average Bonchev–Trinajstić information content (AvgIpc) is 3.32. The summed E-state index contributed by atoms with van der Waals surface area (Å²) in [7, 11) is 0. The van der Waals surface area contributed by atoms with Gasteiger partial charge >= 0.3 is 39.9 Å². The van der Waals surface area contributed by atoms with Crippen molar-refractivity contribution >= 4 is 53.4 Å². The Balaban J connectivity index is 0. The van der Waals surface area contributed by atoms with Crippen molar-refractivity contribution in [1.82, 2.24) is 45.8 Å². The molecule has 0 aromatic heterocycles. The van der Waals surface area contributed by atoms with E-state index in [0.717, 1.165) is 52.2 Å². The number of hydrogen-bond acceptors (Lipinski definition) is 27. The molecule has 33 nitrogen and oxygen atoms in total. The van der Waals surface area contributed by atoms with E-state index in [1.54, 1.807) is 0 Å². The molecule has 0 fully saturated rings. The number of carbonyl (C=O) groups excluding carboxylic acids is 9. The molecule has 34 heteroatoms. The van der Waals surface area contributed by atoms with Gasteiger partial charge in [0.1, 0.15) is 24.4 Å². The van der Waals surface area contributed by atoms with Crippen LogP contribution in [0.3, 0.4) is 0 Å². The van der Waals surface area contributed by atoms with Gasteiger partial charge in [0, 0.05) is 98.2 Å². The quantitative estimate of drug-likeness (QED) is 0.0271. The van der Waals surface area contributed by atoms with Crippen molar-refractivity contribution in [3.05, 3.63) is 0 Å². The van der Waals surface area contributed by atoms with Gasteiger partial charge in [0.15, 0.2) is 24.4 Å². The van der Waals surface area contributed by atoms with E-state index < -0.39 is 238 Å². The second kappa shape index (κ2) is 38.5. The molecule has 0 aliphatic rings. The first kappa shape index (κ1) is 74.0. The summed E-state index contributed by atoms with van der Waals surface area (Å²) in [6.07, 6.45) is -22.2. The zero-order valence-electron chi connectivity index (χ0n) is 42.3. The molecule has 0 unspecified atom stereocenters. The Kier molecular flexibility index (Phi) is 37.5. The largest absolute Gasteiger partial charge is 3.00 e. The first-order chi connectivity index (χ1) is 34.8. The number of carbonyl (C=O) groups is 9. The maximum Gasteiger partial charge on any atom is 3.00 e. The third-order valence-electron chi connectivity index (χ3n) is 11.0. The van der Waals surface area contributed by atoms with Gasteiger partial charge in [-0.15, -0.1) is 0 Å². The molecule has 0 bridgehead atoms. The van der Waals surface area contributed by atoms with Gasteiger partial charge in [-0.3, -0.25) is 43.5 Å². The molecule has 16 N–H and O–H groups in total. The van der Waals surface area contributed by atoms with Crippen molar-refractivity contribution in [2.45, 2.75) is 101 Å². The number of hydrogen-bond donors (Lipinski definition) is 16. The van der Waals surface area contributed by atoms with Crippen LogP contribution in [-0.4, -0.2) is 324 Å². The Hall–Kier alpha value is -4.05. The summed E-state index contributed by atoms with van der Waals surface area (Å²) in [5.41, 5.74) is 0. The Morgan fingerprint density at radius 3 is 0.737 bits per heavy atom. The fourth-order valence-electron chi connectivity index (χ4n) is 6.47. The molecule has 12 atom stereocenters. The van der Waals surface area contributed by atoms with Crippen molar-refractivity contribution in [1.29, 1.82) is 0 Å². The van der Waals surface area contributed by atoms with Crippen molar-refractivity contribution in [2.75, 3.05) is 111 Å². The fraction of sp³-hybridized carbons (Fsp3) is 0.786. The standard InChI is InChI=1S/C42H77N9O24.Gd/c1-22(52)31(64)35(68)39(72)43-5-9-50(10-6-44-40(73)36(69)32(65)23(2)53)26(56)17-48(20-29(60)61)15-13-47(19-28(58)59)14-16-49(21-30(62)63)18-27(57)51(11-7-45-41(74)37(70)33(66)24(3)54)12-8-46-42(75)38(71)34(67)25(4)55;/h22-25,31-38,52-55,64-71H,5-21H2,1-4H3,(H,43,72)(H,44,73)(H,45,74)(H,46,75)(H,58,59)(H,60,61)(H,62,63);/q;+3/p-3/t22-,23-,24-,25-,31+,32+,33+,34+,35+,36+,37+,38+;/m0./s1. The second-order valence-electron chi connectivity index (χ2n) is 17.4. The van der Waals surface area contributed by atoms with Crippen LogP contribution >= 0.6 is 0 Å². The zero-order valence-corrected chi connectivity index (χ0v) is 44.6. The molecular weight excluding hydrogens is 1170 g/mol. The molecule has 0 aromatic rings. The van der Waals surface area contributed by atoms with Gasteiger partial charge in [0.25, 0.3) is 23.6 Å². The van der Waals surface area contributed by atoms with Gasteiger partial charge in [0.05, 0.1) is 55.4 Å². The van der Waals surface area contributed by atoms with Crippen LogP contribution in [0, 0.1) is 39.9 Å². The first-order valence-electron chi connectivity index (χ1n) is 23.4. The number of amides is 6. The van der Waals surface area contributed by atoms with Gasteiger partial charge in [-0.05, 0) is 27.7 Å². The molecule has 0 saturated carbocycles.